The van der Waals surface area contributed by atoms with E-state index in [1.807, 2.05) is 4.90 Å². The fraction of sp³-hybridized carbons (Fsp3) is 0.636. The first-order valence-corrected chi connectivity index (χ1v) is 6.58. The predicted octanol–water partition coefficient (Wildman–Crippen LogP) is 0.702. The van der Waals surface area contributed by atoms with Crippen molar-refractivity contribution in [1.29, 1.82) is 0 Å². The van der Waals surface area contributed by atoms with Crippen molar-refractivity contribution in [1.82, 2.24) is 4.98 Å². The number of carboxylic acid groups (broad SMARTS) is 1. The van der Waals surface area contributed by atoms with Gasteiger partial charge in [0.25, 0.3) is 0 Å². The molecular weight excluding hydrogens is 254 g/mol. The van der Waals surface area contributed by atoms with Crippen LogP contribution in [-0.4, -0.2) is 48.4 Å². The second-order valence-corrected chi connectivity index (χ2v) is 5.56. The maximum atomic E-state index is 11.0. The number of hydrogen-bond acceptors (Lipinski definition) is 6. The molecule has 0 saturated carbocycles. The molecule has 1 saturated heterocycles. The van der Waals surface area contributed by atoms with Crippen LogP contribution in [0.3, 0.4) is 0 Å². The van der Waals surface area contributed by atoms with Crippen molar-refractivity contribution >= 4 is 22.4 Å². The third kappa shape index (κ3) is 2.47. The summed E-state index contributed by atoms with van der Waals surface area (Å²) in [4.78, 5) is 17.9. The highest BCUT2D eigenvalue weighted by Gasteiger charge is 2.29. The molecule has 0 spiro atoms. The fourth-order valence-corrected chi connectivity index (χ4v) is 3.01. The van der Waals surface area contributed by atoms with E-state index in [0.29, 0.717) is 6.54 Å². The molecule has 1 aromatic rings. The first kappa shape index (κ1) is 13.3. The van der Waals surface area contributed by atoms with Gasteiger partial charge >= 0.3 is 5.97 Å². The Hall–Kier alpha value is -1.18. The Bertz CT molecular complexity index is 449. The number of nitrogens with zero attached hydrogens (tertiary/aromatic N) is 2. The van der Waals surface area contributed by atoms with Crippen molar-refractivity contribution in [3.63, 3.8) is 0 Å². The number of hydrogen-bond donors (Lipinski definition) is 2. The quantitative estimate of drug-likeness (QED) is 0.841. The third-order valence-electron chi connectivity index (χ3n) is 3.17. The highest BCUT2D eigenvalue weighted by atomic mass is 32.1. The molecule has 1 aliphatic heterocycles. The van der Waals surface area contributed by atoms with Gasteiger partial charge in [0.15, 0.2) is 10.8 Å². The number of thiazole rings is 1. The molecule has 100 valence electrons. The summed E-state index contributed by atoms with van der Waals surface area (Å²) >= 11 is 1.40. The van der Waals surface area contributed by atoms with Gasteiger partial charge in [-0.15, -0.1) is 11.3 Å². The summed E-state index contributed by atoms with van der Waals surface area (Å²) in [5.74, 6) is -0.980. The molecule has 2 rings (SSSR count). The molecule has 2 unspecified atom stereocenters. The maximum Gasteiger partial charge on any atom is 0.355 e. The molecular formula is C11H17N3O3S. The lowest BCUT2D eigenvalue weighted by Gasteiger charge is -2.35. The van der Waals surface area contributed by atoms with Gasteiger partial charge in [0.05, 0.1) is 6.10 Å². The minimum absolute atomic E-state index is 0.0313. The molecule has 3 N–H and O–H groups in total. The van der Waals surface area contributed by atoms with Crippen LogP contribution >= 0.6 is 11.3 Å². The highest BCUT2D eigenvalue weighted by molar-refractivity contribution is 7.15. The van der Waals surface area contributed by atoms with Crippen molar-refractivity contribution in [2.75, 3.05) is 25.1 Å². The average molecular weight is 271 g/mol. The van der Waals surface area contributed by atoms with Gasteiger partial charge in [-0.1, -0.05) is 0 Å². The zero-order chi connectivity index (χ0) is 13.3. The molecule has 0 radical (unpaired) electrons. The van der Waals surface area contributed by atoms with Crippen LogP contribution in [0.1, 0.15) is 21.8 Å². The van der Waals surface area contributed by atoms with Gasteiger partial charge in [0, 0.05) is 31.1 Å². The zero-order valence-electron chi connectivity index (χ0n) is 10.4. The van der Waals surface area contributed by atoms with E-state index in [2.05, 4.69) is 4.98 Å². The summed E-state index contributed by atoms with van der Waals surface area (Å²) in [6, 6.07) is 0.0336. The van der Waals surface area contributed by atoms with Crippen molar-refractivity contribution in [2.24, 2.45) is 5.73 Å². The van der Waals surface area contributed by atoms with Crippen molar-refractivity contribution in [3.8, 4) is 0 Å². The molecule has 0 aromatic carbocycles. The molecule has 2 atom stereocenters. The molecule has 0 aliphatic carbocycles. The standard InChI is InChI=1S/C11H17N3O3S/c1-6-9(10(15)16)13-11(18-6)14-4-3-7(12)8(5-14)17-2/h7-8H,3-5,12H2,1-2H3,(H,15,16). The van der Waals surface area contributed by atoms with Crippen LogP contribution in [0.25, 0.3) is 0 Å². The van der Waals surface area contributed by atoms with Gasteiger partial charge < -0.3 is 20.5 Å². The van der Waals surface area contributed by atoms with E-state index < -0.39 is 5.97 Å². The Morgan fingerprint density at radius 1 is 1.67 bits per heavy atom. The molecule has 18 heavy (non-hydrogen) atoms. The Morgan fingerprint density at radius 2 is 2.39 bits per heavy atom. The topological polar surface area (TPSA) is 88.7 Å². The minimum Gasteiger partial charge on any atom is -0.476 e. The first-order chi connectivity index (χ1) is 8.52. The summed E-state index contributed by atoms with van der Waals surface area (Å²) in [7, 11) is 1.64. The number of carbonyl (C=O) groups is 1. The number of ether oxygens (including phenoxy) is 1. The van der Waals surface area contributed by atoms with E-state index in [1.54, 1.807) is 14.0 Å². The van der Waals surface area contributed by atoms with E-state index in [1.165, 1.54) is 11.3 Å². The van der Waals surface area contributed by atoms with Gasteiger partial charge in [-0.05, 0) is 13.3 Å². The fourth-order valence-electron chi connectivity index (χ4n) is 2.07. The number of nitrogens with two attached hydrogens (primary N) is 1. The van der Waals surface area contributed by atoms with Crippen LogP contribution in [0.5, 0.6) is 0 Å². The largest absolute Gasteiger partial charge is 0.476 e. The lowest BCUT2D eigenvalue weighted by molar-refractivity contribution is 0.0690. The summed E-state index contributed by atoms with van der Waals surface area (Å²) in [5.41, 5.74) is 6.09. The lowest BCUT2D eigenvalue weighted by Crippen LogP contribution is -2.51. The SMILES string of the molecule is COC1CN(c2nc(C(=O)O)c(C)s2)CCC1N. The van der Waals surface area contributed by atoms with Gasteiger partial charge in [-0.3, -0.25) is 0 Å². The van der Waals surface area contributed by atoms with E-state index >= 15 is 0 Å². The normalized spacial score (nSPS) is 24.3. The summed E-state index contributed by atoms with van der Waals surface area (Å²) in [6.45, 7) is 3.21. The number of anilines is 1. The molecule has 6 nitrogen and oxygen atoms in total. The number of aromatic nitrogens is 1. The van der Waals surface area contributed by atoms with E-state index in [4.69, 9.17) is 15.6 Å². The second kappa shape index (κ2) is 5.21. The van der Waals surface area contributed by atoms with Gasteiger partial charge in [-0.25, -0.2) is 9.78 Å². The summed E-state index contributed by atoms with van der Waals surface area (Å²) in [5, 5.41) is 9.73. The number of rotatable bonds is 3. The number of piperidine rings is 1. The summed E-state index contributed by atoms with van der Waals surface area (Å²) in [6.07, 6.45) is 0.788. The number of carboxylic acids is 1. The van der Waals surface area contributed by atoms with Crippen LogP contribution in [0.2, 0.25) is 0 Å². The number of aryl methyl sites for hydroxylation is 1. The molecule has 2 heterocycles. The van der Waals surface area contributed by atoms with E-state index in [0.717, 1.165) is 23.0 Å². The first-order valence-electron chi connectivity index (χ1n) is 5.77. The van der Waals surface area contributed by atoms with Crippen LogP contribution in [0.4, 0.5) is 5.13 Å². The van der Waals surface area contributed by atoms with Gasteiger partial charge in [-0.2, -0.15) is 0 Å². The van der Waals surface area contributed by atoms with Crippen LogP contribution in [0, 0.1) is 6.92 Å². The van der Waals surface area contributed by atoms with Crippen LogP contribution < -0.4 is 10.6 Å². The molecule has 7 heteroatoms. The number of methoxy groups -OCH3 is 1. The zero-order valence-corrected chi connectivity index (χ0v) is 11.2. The van der Waals surface area contributed by atoms with Crippen molar-refractivity contribution in [3.05, 3.63) is 10.6 Å². The van der Waals surface area contributed by atoms with Gasteiger partial charge in [0.2, 0.25) is 0 Å². The smallest absolute Gasteiger partial charge is 0.355 e. The molecule has 1 aromatic heterocycles. The summed E-state index contributed by atoms with van der Waals surface area (Å²) < 4.78 is 5.33. The average Bonchev–Trinajstić information content (AvgIpc) is 2.72. The van der Waals surface area contributed by atoms with Crippen LogP contribution in [-0.2, 0) is 4.74 Å². The Balaban J connectivity index is 2.17. The highest BCUT2D eigenvalue weighted by Crippen LogP contribution is 2.28. The second-order valence-electron chi connectivity index (χ2n) is 4.38. The Labute approximate surface area is 109 Å². The molecule has 0 amide bonds. The monoisotopic (exact) mass is 271 g/mol. The van der Waals surface area contributed by atoms with Gasteiger partial charge in [0.1, 0.15) is 0 Å². The third-order valence-corrected chi connectivity index (χ3v) is 4.20. The predicted molar refractivity (Wildman–Crippen MR) is 69.4 cm³/mol. The molecule has 1 aliphatic rings. The Morgan fingerprint density at radius 3 is 2.94 bits per heavy atom. The minimum atomic E-state index is -0.980. The van der Waals surface area contributed by atoms with Crippen LogP contribution in [0.15, 0.2) is 0 Å². The lowest BCUT2D eigenvalue weighted by atomic mass is 10.0. The Kier molecular flexibility index (Phi) is 3.84. The molecule has 1 fully saturated rings. The number of aromatic carboxylic acids is 1. The van der Waals surface area contributed by atoms with E-state index in [9.17, 15) is 4.79 Å². The molecule has 0 bridgehead atoms. The van der Waals surface area contributed by atoms with E-state index in [-0.39, 0.29) is 17.8 Å². The maximum absolute atomic E-state index is 11.0. The van der Waals surface area contributed by atoms with Crippen molar-refractivity contribution in [2.45, 2.75) is 25.5 Å². The van der Waals surface area contributed by atoms with Crippen molar-refractivity contribution < 1.29 is 14.6 Å².